The molecule has 28 heavy (non-hydrogen) atoms. The molecule has 0 aromatic heterocycles. The molecule has 0 fully saturated rings. The van der Waals surface area contributed by atoms with Crippen LogP contribution in [0.4, 0.5) is 0 Å². The van der Waals surface area contributed by atoms with Crippen molar-refractivity contribution in [2.75, 3.05) is 12.5 Å². The van der Waals surface area contributed by atoms with Gasteiger partial charge < -0.3 is 0 Å². The molecule has 0 bridgehead atoms. The van der Waals surface area contributed by atoms with Gasteiger partial charge in [0.05, 0.1) is 0 Å². The summed E-state index contributed by atoms with van der Waals surface area (Å²) in [6, 6.07) is 16.6. The molecule has 0 radical (unpaired) electrons. The Morgan fingerprint density at radius 3 is 1.50 bits per heavy atom. The minimum absolute atomic E-state index is 0.155. The Kier molecular flexibility index (Phi) is 6.23. The lowest BCUT2D eigenvalue weighted by molar-refractivity contribution is 0.565. The molecule has 0 saturated carbocycles. The number of rotatable bonds is 3. The highest BCUT2D eigenvalue weighted by molar-refractivity contribution is 8.32. The minimum atomic E-state index is -0.907. The lowest BCUT2D eigenvalue weighted by Crippen LogP contribution is -2.19. The lowest BCUT2D eigenvalue weighted by Gasteiger charge is -2.35. The van der Waals surface area contributed by atoms with Gasteiger partial charge in [0.2, 0.25) is 0 Å². The van der Waals surface area contributed by atoms with Crippen LogP contribution in [0.3, 0.4) is 0 Å². The van der Waals surface area contributed by atoms with E-state index in [0.717, 1.165) is 5.75 Å². The van der Waals surface area contributed by atoms with E-state index in [1.54, 1.807) is 0 Å². The van der Waals surface area contributed by atoms with E-state index < -0.39 is 10.0 Å². The third-order valence-electron chi connectivity index (χ3n) is 5.66. The zero-order chi connectivity index (χ0) is 21.5. The van der Waals surface area contributed by atoms with E-state index in [0.29, 0.717) is 0 Å². The molecule has 0 N–H and O–H groups in total. The molecule has 2 rings (SSSR count). The SMILES string of the molecule is CC(C)(C)c1ccc(S(C)(C)Cc2ccc(C(C)(C)C)cc2C(C)(C)C)cc1. The van der Waals surface area contributed by atoms with E-state index in [2.05, 4.69) is 117 Å². The van der Waals surface area contributed by atoms with Crippen molar-refractivity contribution in [3.05, 3.63) is 64.7 Å². The summed E-state index contributed by atoms with van der Waals surface area (Å²) in [5.74, 6) is 1.14. The molecule has 0 nitrogen and oxygen atoms in total. The maximum Gasteiger partial charge on any atom is 0.00613 e. The molecule has 0 atom stereocenters. The molecule has 2 aromatic rings. The van der Waals surface area contributed by atoms with Crippen LogP contribution in [-0.4, -0.2) is 12.5 Å². The Balaban J connectivity index is 2.43. The fraction of sp³-hybridized carbons (Fsp3) is 0.556. The predicted molar refractivity (Wildman–Crippen MR) is 130 cm³/mol. The second-order valence-electron chi connectivity index (χ2n) is 11.8. The first kappa shape index (κ1) is 23.1. The van der Waals surface area contributed by atoms with Crippen molar-refractivity contribution in [3.8, 4) is 0 Å². The molecular weight excluding hydrogens is 356 g/mol. The van der Waals surface area contributed by atoms with Crippen LogP contribution in [0, 0.1) is 0 Å². The lowest BCUT2D eigenvalue weighted by atomic mass is 9.79. The van der Waals surface area contributed by atoms with Gasteiger partial charge in [-0.15, -0.1) is 0 Å². The van der Waals surface area contributed by atoms with E-state index in [9.17, 15) is 0 Å². The van der Waals surface area contributed by atoms with E-state index in [1.165, 1.54) is 27.1 Å². The van der Waals surface area contributed by atoms with Crippen molar-refractivity contribution in [1.29, 1.82) is 0 Å². The second kappa shape index (κ2) is 7.56. The highest BCUT2D eigenvalue weighted by Gasteiger charge is 2.25. The highest BCUT2D eigenvalue weighted by Crippen LogP contribution is 2.53. The van der Waals surface area contributed by atoms with Crippen molar-refractivity contribution < 1.29 is 0 Å². The van der Waals surface area contributed by atoms with E-state index in [4.69, 9.17) is 0 Å². The summed E-state index contributed by atoms with van der Waals surface area (Å²) in [7, 11) is -0.907. The molecule has 0 heterocycles. The second-order valence-corrected chi connectivity index (χ2v) is 15.7. The molecule has 1 heteroatoms. The van der Waals surface area contributed by atoms with Gasteiger partial charge in [0.15, 0.2) is 0 Å². The fourth-order valence-corrected chi connectivity index (χ4v) is 5.73. The molecular formula is C27H42S. The Hall–Kier alpha value is -1.21. The summed E-state index contributed by atoms with van der Waals surface area (Å²) in [6.07, 6.45) is 4.92. The van der Waals surface area contributed by atoms with Gasteiger partial charge in [0.1, 0.15) is 0 Å². The maximum atomic E-state index is 2.47. The molecule has 0 aliphatic heterocycles. The Morgan fingerprint density at radius 2 is 1.07 bits per heavy atom. The van der Waals surface area contributed by atoms with Gasteiger partial charge in [0.25, 0.3) is 0 Å². The first-order chi connectivity index (χ1) is 12.5. The van der Waals surface area contributed by atoms with Gasteiger partial charge in [-0.05, 0) is 68.0 Å². The molecule has 0 saturated heterocycles. The summed E-state index contributed by atoms with van der Waals surface area (Å²) in [4.78, 5) is 1.50. The van der Waals surface area contributed by atoms with Crippen LogP contribution in [0.2, 0.25) is 0 Å². The number of hydrogen-bond donors (Lipinski definition) is 0. The van der Waals surface area contributed by atoms with Crippen LogP contribution in [0.25, 0.3) is 0 Å². The van der Waals surface area contributed by atoms with E-state index in [1.807, 2.05) is 0 Å². The molecule has 0 spiro atoms. The number of hydrogen-bond acceptors (Lipinski definition) is 0. The van der Waals surface area contributed by atoms with Crippen molar-refractivity contribution in [2.24, 2.45) is 0 Å². The van der Waals surface area contributed by atoms with Crippen molar-refractivity contribution in [3.63, 3.8) is 0 Å². The normalized spacial score (nSPS) is 14.2. The molecule has 0 aliphatic rings. The summed E-state index contributed by atoms with van der Waals surface area (Å²) in [6.45, 7) is 20.8. The monoisotopic (exact) mass is 398 g/mol. The number of benzene rings is 2. The minimum Gasteiger partial charge on any atom is -0.216 e. The van der Waals surface area contributed by atoms with Crippen LogP contribution >= 0.6 is 10.0 Å². The quantitative estimate of drug-likeness (QED) is 0.488. The van der Waals surface area contributed by atoms with Gasteiger partial charge >= 0.3 is 0 Å². The van der Waals surface area contributed by atoms with Gasteiger partial charge in [0, 0.05) is 5.75 Å². The van der Waals surface area contributed by atoms with Crippen LogP contribution in [0.1, 0.15) is 84.6 Å². The van der Waals surface area contributed by atoms with E-state index >= 15 is 0 Å². The largest absolute Gasteiger partial charge is 0.216 e. The van der Waals surface area contributed by atoms with Crippen molar-refractivity contribution in [2.45, 2.75) is 89.2 Å². The van der Waals surface area contributed by atoms with E-state index in [-0.39, 0.29) is 16.2 Å². The molecule has 2 aromatic carbocycles. The highest BCUT2D eigenvalue weighted by atomic mass is 32.3. The van der Waals surface area contributed by atoms with Crippen LogP contribution in [0.15, 0.2) is 47.4 Å². The fourth-order valence-electron chi connectivity index (χ4n) is 3.66. The molecule has 0 unspecified atom stereocenters. The Morgan fingerprint density at radius 1 is 0.607 bits per heavy atom. The van der Waals surface area contributed by atoms with Crippen molar-refractivity contribution >= 4 is 10.0 Å². The topological polar surface area (TPSA) is 0 Å². The van der Waals surface area contributed by atoms with Crippen LogP contribution in [-0.2, 0) is 22.0 Å². The summed E-state index contributed by atoms with van der Waals surface area (Å²) in [5, 5.41) is 0. The third kappa shape index (κ3) is 5.44. The smallest absolute Gasteiger partial charge is 0.00613 e. The Bertz CT molecular complexity index is 803. The van der Waals surface area contributed by atoms with Crippen molar-refractivity contribution in [1.82, 2.24) is 0 Å². The average molecular weight is 399 g/mol. The summed E-state index contributed by atoms with van der Waals surface area (Å²) < 4.78 is 0. The average Bonchev–Trinajstić information content (AvgIpc) is 2.52. The van der Waals surface area contributed by atoms with Crippen LogP contribution in [0.5, 0.6) is 0 Å². The first-order valence-electron chi connectivity index (χ1n) is 10.5. The zero-order valence-electron chi connectivity index (χ0n) is 20.2. The first-order valence-corrected chi connectivity index (χ1v) is 13.1. The maximum absolute atomic E-state index is 2.47. The molecule has 0 amide bonds. The molecule has 156 valence electrons. The predicted octanol–water partition coefficient (Wildman–Crippen LogP) is 8.20. The standard InChI is InChI=1S/C27H42S/c1-25(2,3)21-14-16-23(17-15-21)28(10,11)19-20-12-13-22(26(4,5)6)18-24(20)27(7,8)9/h12-18H,19H2,1-11H3. The Labute approximate surface area is 176 Å². The molecule has 0 aliphatic carbocycles. The van der Waals surface area contributed by atoms with Crippen LogP contribution < -0.4 is 0 Å². The van der Waals surface area contributed by atoms with Gasteiger partial charge in [-0.25, -0.2) is 10.0 Å². The zero-order valence-corrected chi connectivity index (χ0v) is 21.0. The van der Waals surface area contributed by atoms with Gasteiger partial charge in [-0.3, -0.25) is 0 Å². The van der Waals surface area contributed by atoms with Gasteiger partial charge in [-0.2, -0.15) is 0 Å². The summed E-state index contributed by atoms with van der Waals surface area (Å²) >= 11 is 0. The third-order valence-corrected chi connectivity index (χ3v) is 8.24. The summed E-state index contributed by atoms with van der Waals surface area (Å²) in [5.41, 5.74) is 6.42. The van der Waals surface area contributed by atoms with Gasteiger partial charge in [-0.1, -0.05) is 92.6 Å².